The van der Waals surface area contributed by atoms with Crippen LogP contribution in [-0.2, 0) is 6.54 Å². The van der Waals surface area contributed by atoms with Gasteiger partial charge in [-0.1, -0.05) is 0 Å². The predicted molar refractivity (Wildman–Crippen MR) is 61.9 cm³/mol. The van der Waals surface area contributed by atoms with Crippen molar-refractivity contribution in [3.63, 3.8) is 0 Å². The lowest BCUT2D eigenvalue weighted by Gasteiger charge is -2.25. The van der Waals surface area contributed by atoms with Gasteiger partial charge in [0.2, 0.25) is 0 Å². The second-order valence-electron chi connectivity index (χ2n) is 5.04. The molecule has 2 fully saturated rings. The molecule has 0 spiro atoms. The number of carbonyl (C=O) groups is 1. The van der Waals surface area contributed by atoms with Gasteiger partial charge in [0.15, 0.2) is 0 Å². The van der Waals surface area contributed by atoms with Gasteiger partial charge in [-0.2, -0.15) is 0 Å². The molecule has 2 bridgehead atoms. The van der Waals surface area contributed by atoms with Crippen LogP contribution in [0.15, 0.2) is 16.7 Å². The highest BCUT2D eigenvalue weighted by Gasteiger charge is 2.37. The molecule has 1 aliphatic carbocycles. The van der Waals surface area contributed by atoms with E-state index in [1.54, 1.807) is 6.07 Å². The summed E-state index contributed by atoms with van der Waals surface area (Å²) in [4.78, 5) is 13.7. The number of hydrazine groups is 1. The number of amides is 1. The number of hydrogen-bond donors (Lipinski definition) is 2. The van der Waals surface area contributed by atoms with E-state index in [9.17, 15) is 4.79 Å². The summed E-state index contributed by atoms with van der Waals surface area (Å²) in [5.74, 6) is 6.49. The van der Waals surface area contributed by atoms with Gasteiger partial charge in [-0.3, -0.25) is 15.1 Å². The first-order valence-electron chi connectivity index (χ1n) is 6.08. The summed E-state index contributed by atoms with van der Waals surface area (Å²) in [5, 5.41) is 0. The molecule has 5 nitrogen and oxygen atoms in total. The van der Waals surface area contributed by atoms with E-state index < -0.39 is 0 Å². The Kier molecular flexibility index (Phi) is 2.64. The van der Waals surface area contributed by atoms with E-state index in [1.165, 1.54) is 32.1 Å². The average Bonchev–Trinajstić information content (AvgIpc) is 3.03. The van der Waals surface area contributed by atoms with Crippen molar-refractivity contribution in [1.29, 1.82) is 0 Å². The van der Waals surface area contributed by atoms with E-state index in [-0.39, 0.29) is 5.91 Å². The van der Waals surface area contributed by atoms with Gasteiger partial charge in [0.25, 0.3) is 5.91 Å². The third-order valence-corrected chi connectivity index (χ3v) is 3.93. The van der Waals surface area contributed by atoms with E-state index in [1.807, 2.05) is 0 Å². The number of piperidine rings is 1. The number of hydrogen-bond acceptors (Lipinski definition) is 4. The number of nitrogen functional groups attached to an aromatic ring is 1. The van der Waals surface area contributed by atoms with Gasteiger partial charge in [-0.05, 0) is 31.2 Å². The zero-order valence-corrected chi connectivity index (χ0v) is 9.69. The number of nitrogens with zero attached hydrogens (tertiary/aromatic N) is 1. The van der Waals surface area contributed by atoms with E-state index >= 15 is 0 Å². The summed E-state index contributed by atoms with van der Waals surface area (Å²) in [6, 6.07) is 2.49. The maximum absolute atomic E-state index is 11.3. The van der Waals surface area contributed by atoms with Crippen molar-refractivity contribution in [3.05, 3.63) is 23.7 Å². The molecule has 2 heterocycles. The Morgan fingerprint density at radius 2 is 2.47 bits per heavy atom. The van der Waals surface area contributed by atoms with Crippen molar-refractivity contribution in [1.82, 2.24) is 10.3 Å². The van der Waals surface area contributed by atoms with Crippen molar-refractivity contribution in [2.75, 3.05) is 6.54 Å². The Balaban J connectivity index is 1.65. The van der Waals surface area contributed by atoms with Gasteiger partial charge < -0.3 is 4.42 Å². The molecule has 17 heavy (non-hydrogen) atoms. The Morgan fingerprint density at radius 3 is 3.12 bits per heavy atom. The van der Waals surface area contributed by atoms with Gasteiger partial charge >= 0.3 is 0 Å². The molecule has 3 N–H and O–H groups in total. The quantitative estimate of drug-likeness (QED) is 0.463. The molecular weight excluding hydrogens is 218 g/mol. The zero-order valence-electron chi connectivity index (χ0n) is 9.69. The van der Waals surface area contributed by atoms with Crippen LogP contribution in [0, 0.1) is 5.92 Å². The first-order chi connectivity index (χ1) is 8.26. The van der Waals surface area contributed by atoms with Gasteiger partial charge in [0.05, 0.1) is 12.1 Å². The van der Waals surface area contributed by atoms with Crippen LogP contribution in [0.5, 0.6) is 0 Å². The summed E-state index contributed by atoms with van der Waals surface area (Å²) in [6.07, 6.45) is 5.48. The fourth-order valence-electron chi connectivity index (χ4n) is 3.09. The summed E-state index contributed by atoms with van der Waals surface area (Å²) in [5.41, 5.74) is 2.60. The summed E-state index contributed by atoms with van der Waals surface area (Å²) in [7, 11) is 0. The maximum Gasteiger partial charge on any atom is 0.268 e. The molecule has 3 rings (SSSR count). The van der Waals surface area contributed by atoms with Crippen LogP contribution in [0.2, 0.25) is 0 Å². The number of likely N-dealkylation sites (tertiary alicyclic amines) is 1. The molecule has 1 saturated heterocycles. The molecule has 92 valence electrons. The van der Waals surface area contributed by atoms with E-state index in [0.29, 0.717) is 5.56 Å². The third-order valence-electron chi connectivity index (χ3n) is 3.93. The van der Waals surface area contributed by atoms with Crippen LogP contribution in [0.1, 0.15) is 35.4 Å². The SMILES string of the molecule is NNC(=O)c1coc(CN2CC3CCC2C3)c1. The van der Waals surface area contributed by atoms with Crippen LogP contribution in [0.25, 0.3) is 0 Å². The lowest BCUT2D eigenvalue weighted by molar-refractivity contribution is 0.0953. The average molecular weight is 235 g/mol. The number of rotatable bonds is 3. The second kappa shape index (κ2) is 4.16. The Bertz CT molecular complexity index is 429. The van der Waals surface area contributed by atoms with Crippen LogP contribution in [0.3, 0.4) is 0 Å². The Morgan fingerprint density at radius 1 is 1.59 bits per heavy atom. The molecule has 1 aliphatic heterocycles. The number of nitrogens with one attached hydrogen (secondary N) is 1. The lowest BCUT2D eigenvalue weighted by Crippen LogP contribution is -2.31. The van der Waals surface area contributed by atoms with E-state index in [2.05, 4.69) is 10.3 Å². The normalized spacial score (nSPS) is 27.6. The first kappa shape index (κ1) is 10.8. The number of carbonyl (C=O) groups excluding carboxylic acids is 1. The van der Waals surface area contributed by atoms with Crippen molar-refractivity contribution in [2.24, 2.45) is 11.8 Å². The molecule has 5 heteroatoms. The monoisotopic (exact) mass is 235 g/mol. The predicted octanol–water partition coefficient (Wildman–Crippen LogP) is 0.867. The standard InChI is InChI=1S/C12H17N3O2/c13-14-12(16)9-4-11(17-7-9)6-15-5-8-1-2-10(15)3-8/h4,7-8,10H,1-3,5-6,13H2,(H,14,16). The van der Waals surface area contributed by atoms with Gasteiger partial charge in [0, 0.05) is 12.6 Å². The van der Waals surface area contributed by atoms with Crippen LogP contribution in [-0.4, -0.2) is 23.4 Å². The minimum atomic E-state index is -0.303. The van der Waals surface area contributed by atoms with Crippen LogP contribution >= 0.6 is 0 Å². The molecule has 0 aromatic carbocycles. The molecule has 1 amide bonds. The topological polar surface area (TPSA) is 71.5 Å². The summed E-state index contributed by atoms with van der Waals surface area (Å²) < 4.78 is 5.40. The molecular formula is C12H17N3O2. The van der Waals surface area contributed by atoms with Crippen molar-refractivity contribution in [2.45, 2.75) is 31.8 Å². The Hall–Kier alpha value is -1.33. The van der Waals surface area contributed by atoms with Crippen molar-refractivity contribution < 1.29 is 9.21 Å². The molecule has 2 atom stereocenters. The van der Waals surface area contributed by atoms with Crippen LogP contribution < -0.4 is 11.3 Å². The van der Waals surface area contributed by atoms with E-state index in [4.69, 9.17) is 10.3 Å². The molecule has 2 aliphatic rings. The minimum absolute atomic E-state index is 0.303. The fraction of sp³-hybridized carbons (Fsp3) is 0.583. The van der Waals surface area contributed by atoms with Gasteiger partial charge in [-0.15, -0.1) is 0 Å². The molecule has 2 unspecified atom stereocenters. The molecule has 1 aromatic rings. The zero-order chi connectivity index (χ0) is 11.8. The van der Waals surface area contributed by atoms with Crippen molar-refractivity contribution in [3.8, 4) is 0 Å². The third kappa shape index (κ3) is 1.96. The molecule has 1 saturated carbocycles. The largest absolute Gasteiger partial charge is 0.467 e. The second-order valence-corrected chi connectivity index (χ2v) is 5.04. The molecule has 0 radical (unpaired) electrons. The smallest absolute Gasteiger partial charge is 0.268 e. The number of furan rings is 1. The first-order valence-corrected chi connectivity index (χ1v) is 6.08. The maximum atomic E-state index is 11.3. The van der Waals surface area contributed by atoms with Gasteiger partial charge in [-0.25, -0.2) is 5.84 Å². The number of fused-ring (bicyclic) bond motifs is 2. The highest BCUT2D eigenvalue weighted by molar-refractivity contribution is 5.93. The summed E-state index contributed by atoms with van der Waals surface area (Å²) in [6.45, 7) is 1.98. The van der Waals surface area contributed by atoms with Crippen molar-refractivity contribution >= 4 is 5.91 Å². The van der Waals surface area contributed by atoms with Gasteiger partial charge in [0.1, 0.15) is 12.0 Å². The lowest BCUT2D eigenvalue weighted by atomic mass is 10.1. The van der Waals surface area contributed by atoms with Crippen LogP contribution in [0.4, 0.5) is 0 Å². The number of nitrogens with two attached hydrogens (primary N) is 1. The molecule has 1 aromatic heterocycles. The fourth-order valence-corrected chi connectivity index (χ4v) is 3.09. The highest BCUT2D eigenvalue weighted by atomic mass is 16.3. The minimum Gasteiger partial charge on any atom is -0.467 e. The summed E-state index contributed by atoms with van der Waals surface area (Å²) >= 11 is 0. The highest BCUT2D eigenvalue weighted by Crippen LogP contribution is 2.38. The Labute approximate surface area is 99.9 Å². The van der Waals surface area contributed by atoms with E-state index in [0.717, 1.165) is 24.3 Å².